The number of nitrogens with zero attached hydrogens (tertiary/aromatic N) is 2. The fraction of sp³-hybridized carbons (Fsp3) is 0.269. The van der Waals surface area contributed by atoms with Crippen molar-refractivity contribution in [1.82, 2.24) is 10.2 Å². The van der Waals surface area contributed by atoms with Gasteiger partial charge in [-0.05, 0) is 55.3 Å². The highest BCUT2D eigenvalue weighted by atomic mass is 16.2. The molecule has 1 saturated heterocycles. The van der Waals surface area contributed by atoms with Gasteiger partial charge >= 0.3 is 0 Å². The minimum atomic E-state index is 0.0616. The van der Waals surface area contributed by atoms with E-state index in [1.165, 1.54) is 12.0 Å². The number of para-hydroxylation sites is 2. The molecule has 1 heterocycles. The highest BCUT2D eigenvalue weighted by Gasteiger charge is 2.23. The van der Waals surface area contributed by atoms with E-state index >= 15 is 0 Å². The molecule has 4 rings (SSSR count). The molecule has 1 atom stereocenters. The van der Waals surface area contributed by atoms with Gasteiger partial charge in [-0.1, -0.05) is 66.7 Å². The van der Waals surface area contributed by atoms with Gasteiger partial charge in [0, 0.05) is 24.5 Å². The molecule has 1 aliphatic heterocycles. The average Bonchev–Trinajstić information content (AvgIpc) is 3.23. The minimum absolute atomic E-state index is 0.0616. The van der Waals surface area contributed by atoms with E-state index < -0.39 is 0 Å². The Morgan fingerprint density at radius 3 is 2.03 bits per heavy atom. The maximum atomic E-state index is 13.1. The van der Waals surface area contributed by atoms with E-state index in [-0.39, 0.29) is 5.91 Å². The van der Waals surface area contributed by atoms with Gasteiger partial charge in [0.25, 0.3) is 0 Å². The molecule has 0 aliphatic carbocycles. The van der Waals surface area contributed by atoms with Gasteiger partial charge in [0.15, 0.2) is 0 Å². The van der Waals surface area contributed by atoms with Crippen molar-refractivity contribution in [3.05, 3.63) is 96.6 Å². The van der Waals surface area contributed by atoms with Crippen LogP contribution < -0.4 is 10.2 Å². The first-order valence-corrected chi connectivity index (χ1v) is 10.7. The van der Waals surface area contributed by atoms with Crippen LogP contribution >= 0.6 is 0 Å². The summed E-state index contributed by atoms with van der Waals surface area (Å²) >= 11 is 0. The van der Waals surface area contributed by atoms with E-state index in [4.69, 9.17) is 0 Å². The van der Waals surface area contributed by atoms with Crippen molar-refractivity contribution in [2.75, 3.05) is 31.1 Å². The fourth-order valence-electron chi connectivity index (χ4n) is 4.12. The van der Waals surface area contributed by atoms with Crippen LogP contribution in [-0.2, 0) is 11.3 Å². The van der Waals surface area contributed by atoms with E-state index in [9.17, 15) is 4.79 Å². The van der Waals surface area contributed by atoms with E-state index in [1.54, 1.807) is 4.90 Å². The van der Waals surface area contributed by atoms with Gasteiger partial charge in [0.2, 0.25) is 5.91 Å². The fourth-order valence-corrected chi connectivity index (χ4v) is 4.12. The summed E-state index contributed by atoms with van der Waals surface area (Å²) in [6.07, 6.45) is 1.18. The Balaban J connectivity index is 1.30. The Morgan fingerprint density at radius 1 is 0.867 bits per heavy atom. The van der Waals surface area contributed by atoms with Crippen LogP contribution in [0, 0.1) is 5.92 Å². The molecule has 3 aromatic carbocycles. The molecule has 0 saturated carbocycles. The molecular weight excluding hydrogens is 370 g/mol. The van der Waals surface area contributed by atoms with Crippen LogP contribution in [-0.4, -0.2) is 37.0 Å². The summed E-state index contributed by atoms with van der Waals surface area (Å²) in [4.78, 5) is 17.4. The predicted octanol–water partition coefficient (Wildman–Crippen LogP) is 4.46. The van der Waals surface area contributed by atoms with Crippen LogP contribution in [0.3, 0.4) is 0 Å². The largest absolute Gasteiger partial charge is 0.308 e. The molecule has 1 aliphatic rings. The van der Waals surface area contributed by atoms with E-state index in [0.29, 0.717) is 12.5 Å². The lowest BCUT2D eigenvalue weighted by molar-refractivity contribution is -0.117. The summed E-state index contributed by atoms with van der Waals surface area (Å²) < 4.78 is 0. The van der Waals surface area contributed by atoms with Gasteiger partial charge in [0.05, 0.1) is 6.54 Å². The van der Waals surface area contributed by atoms with Crippen molar-refractivity contribution in [2.24, 2.45) is 5.92 Å². The molecule has 0 spiro atoms. The molecule has 0 unspecified atom stereocenters. The standard InChI is InChI=1S/C26H29N3O/c30-26(29(24-12-6-2-7-13-24)25-14-8-3-9-15-25)19-27-18-23-16-17-28(21-23)20-22-10-4-1-5-11-22/h1-15,23,27H,16-21H2/t23-/m1/s1. The maximum Gasteiger partial charge on any atom is 0.245 e. The van der Waals surface area contributed by atoms with Crippen molar-refractivity contribution < 1.29 is 4.79 Å². The van der Waals surface area contributed by atoms with Crippen molar-refractivity contribution in [3.8, 4) is 0 Å². The molecule has 3 aromatic rings. The molecule has 4 heteroatoms. The molecule has 30 heavy (non-hydrogen) atoms. The highest BCUT2D eigenvalue weighted by Crippen LogP contribution is 2.25. The van der Waals surface area contributed by atoms with E-state index in [1.807, 2.05) is 60.7 Å². The van der Waals surface area contributed by atoms with Gasteiger partial charge < -0.3 is 5.32 Å². The van der Waals surface area contributed by atoms with Gasteiger partial charge in [-0.2, -0.15) is 0 Å². The third-order valence-electron chi connectivity index (χ3n) is 5.61. The number of likely N-dealkylation sites (tertiary alicyclic amines) is 1. The first-order valence-electron chi connectivity index (χ1n) is 10.7. The van der Waals surface area contributed by atoms with Crippen molar-refractivity contribution >= 4 is 17.3 Å². The number of nitrogens with one attached hydrogen (secondary N) is 1. The lowest BCUT2D eigenvalue weighted by Gasteiger charge is -2.23. The van der Waals surface area contributed by atoms with Crippen LogP contribution in [0.15, 0.2) is 91.0 Å². The molecule has 1 amide bonds. The van der Waals surface area contributed by atoms with Gasteiger partial charge in [-0.25, -0.2) is 0 Å². The Kier molecular flexibility index (Phi) is 6.91. The number of carbonyl (C=O) groups is 1. The van der Waals surface area contributed by atoms with Crippen molar-refractivity contribution in [3.63, 3.8) is 0 Å². The third-order valence-corrected chi connectivity index (χ3v) is 5.61. The van der Waals surface area contributed by atoms with Crippen molar-refractivity contribution in [1.29, 1.82) is 0 Å². The summed E-state index contributed by atoms with van der Waals surface area (Å²) in [6, 6.07) is 30.3. The molecule has 0 radical (unpaired) electrons. The number of hydrogen-bond donors (Lipinski definition) is 1. The quantitative estimate of drug-likeness (QED) is 0.607. The topological polar surface area (TPSA) is 35.6 Å². The van der Waals surface area contributed by atoms with Crippen LogP contribution in [0.4, 0.5) is 11.4 Å². The lowest BCUT2D eigenvalue weighted by Crippen LogP contribution is -2.37. The van der Waals surface area contributed by atoms with E-state index in [0.717, 1.165) is 37.6 Å². The number of anilines is 2. The number of benzene rings is 3. The number of amides is 1. The summed E-state index contributed by atoms with van der Waals surface area (Å²) in [5.74, 6) is 0.648. The smallest absolute Gasteiger partial charge is 0.245 e. The molecule has 154 valence electrons. The van der Waals surface area contributed by atoms with Crippen LogP contribution in [0.1, 0.15) is 12.0 Å². The maximum absolute atomic E-state index is 13.1. The first-order chi connectivity index (χ1) is 14.8. The predicted molar refractivity (Wildman–Crippen MR) is 123 cm³/mol. The Bertz CT molecular complexity index is 875. The zero-order valence-corrected chi connectivity index (χ0v) is 17.3. The van der Waals surface area contributed by atoms with Crippen LogP contribution in [0.5, 0.6) is 0 Å². The lowest BCUT2D eigenvalue weighted by atomic mass is 10.1. The van der Waals surface area contributed by atoms with Crippen LogP contribution in [0.25, 0.3) is 0 Å². The Labute approximate surface area is 179 Å². The normalized spacial score (nSPS) is 16.5. The molecular formula is C26H29N3O. The summed E-state index contributed by atoms with van der Waals surface area (Å²) in [5, 5.41) is 3.41. The first kappa shape index (κ1) is 20.3. The molecule has 4 nitrogen and oxygen atoms in total. The van der Waals surface area contributed by atoms with Crippen molar-refractivity contribution in [2.45, 2.75) is 13.0 Å². The van der Waals surface area contributed by atoms with Gasteiger partial charge in [0.1, 0.15) is 0 Å². The Hall–Kier alpha value is -2.95. The van der Waals surface area contributed by atoms with Gasteiger partial charge in [-0.3, -0.25) is 14.6 Å². The molecule has 0 bridgehead atoms. The molecule has 0 aromatic heterocycles. The highest BCUT2D eigenvalue weighted by molar-refractivity contribution is 6.01. The third kappa shape index (κ3) is 5.35. The second-order valence-corrected chi connectivity index (χ2v) is 7.91. The number of rotatable bonds is 8. The second kappa shape index (κ2) is 10.2. The van der Waals surface area contributed by atoms with E-state index in [2.05, 4.69) is 40.5 Å². The minimum Gasteiger partial charge on any atom is -0.308 e. The summed E-state index contributed by atoms with van der Waals surface area (Å²) in [7, 11) is 0. The number of carbonyl (C=O) groups excluding carboxylic acids is 1. The SMILES string of the molecule is O=C(CNC[C@H]1CCN(Cc2ccccc2)C1)N(c1ccccc1)c1ccccc1. The summed E-state index contributed by atoms with van der Waals surface area (Å²) in [5.41, 5.74) is 3.15. The molecule has 1 N–H and O–H groups in total. The monoisotopic (exact) mass is 399 g/mol. The van der Waals surface area contributed by atoms with Gasteiger partial charge in [-0.15, -0.1) is 0 Å². The zero-order chi connectivity index (χ0) is 20.6. The Morgan fingerprint density at radius 2 is 1.43 bits per heavy atom. The average molecular weight is 400 g/mol. The summed E-state index contributed by atoms with van der Waals surface area (Å²) in [6.45, 7) is 4.41. The molecule has 1 fully saturated rings. The van der Waals surface area contributed by atoms with Crippen LogP contribution in [0.2, 0.25) is 0 Å². The number of hydrogen-bond acceptors (Lipinski definition) is 3. The zero-order valence-electron chi connectivity index (χ0n) is 17.3. The second-order valence-electron chi connectivity index (χ2n) is 7.91.